The van der Waals surface area contributed by atoms with Crippen LogP contribution in [0.25, 0.3) is 5.57 Å². The highest BCUT2D eigenvalue weighted by molar-refractivity contribution is 6.37. The molecule has 0 saturated heterocycles. The van der Waals surface area contributed by atoms with Crippen LogP contribution in [0.1, 0.15) is 45.7 Å². The standard InChI is InChI=1S/C24H30ClN5O3/c1-7-16-11-19(18-10-9-17(12-20(18)25)21-28-15(4)33-29-21)23(31)30(8-2)22(16)27-14(3)26-13-24(5,6)32/h7,9-12,15,26,32H,3,8,13H2,1-2,4-6H3,(H,28,29)/b16-7-,27-22+. The second-order valence-corrected chi connectivity index (χ2v) is 8.80. The summed E-state index contributed by atoms with van der Waals surface area (Å²) >= 11 is 6.60. The van der Waals surface area contributed by atoms with Gasteiger partial charge in [-0.3, -0.25) is 9.69 Å². The Hall–Kier alpha value is -2.94. The van der Waals surface area contributed by atoms with E-state index in [1.165, 1.54) is 0 Å². The van der Waals surface area contributed by atoms with Gasteiger partial charge in [0.2, 0.25) is 0 Å². The Morgan fingerprint density at radius 3 is 2.76 bits per heavy atom. The maximum atomic E-state index is 13.4. The highest BCUT2D eigenvalue weighted by atomic mass is 35.5. The van der Waals surface area contributed by atoms with Crippen LogP contribution < -0.4 is 10.8 Å². The van der Waals surface area contributed by atoms with E-state index in [0.29, 0.717) is 40.2 Å². The molecule has 1 amide bonds. The summed E-state index contributed by atoms with van der Waals surface area (Å²) in [5, 5.41) is 13.4. The monoisotopic (exact) mass is 471 g/mol. The predicted octanol–water partition coefficient (Wildman–Crippen LogP) is 3.39. The Bertz CT molecular complexity index is 1080. The van der Waals surface area contributed by atoms with Crippen LogP contribution in [-0.2, 0) is 9.63 Å². The molecule has 0 saturated carbocycles. The molecule has 2 aliphatic heterocycles. The van der Waals surface area contributed by atoms with Crippen molar-refractivity contribution in [1.29, 1.82) is 0 Å². The van der Waals surface area contributed by atoms with E-state index < -0.39 is 5.60 Å². The van der Waals surface area contributed by atoms with Crippen LogP contribution in [0.15, 0.2) is 58.3 Å². The Morgan fingerprint density at radius 1 is 1.48 bits per heavy atom. The lowest BCUT2D eigenvalue weighted by Gasteiger charge is -2.30. The van der Waals surface area contributed by atoms with Gasteiger partial charge in [0, 0.05) is 40.4 Å². The number of amides is 1. The highest BCUT2D eigenvalue weighted by Gasteiger charge is 2.31. The molecule has 2 heterocycles. The van der Waals surface area contributed by atoms with Gasteiger partial charge in [-0.2, -0.15) is 0 Å². The molecular formula is C24H30ClN5O3. The minimum absolute atomic E-state index is 0.208. The van der Waals surface area contributed by atoms with Gasteiger partial charge in [0.05, 0.1) is 5.60 Å². The number of allylic oxidation sites excluding steroid dienone is 1. The molecule has 3 rings (SSSR count). The molecule has 0 spiro atoms. The van der Waals surface area contributed by atoms with Gasteiger partial charge in [-0.1, -0.05) is 36.4 Å². The van der Waals surface area contributed by atoms with Gasteiger partial charge < -0.3 is 10.4 Å². The summed E-state index contributed by atoms with van der Waals surface area (Å²) in [7, 11) is 0. The Kier molecular flexibility index (Phi) is 7.41. The first kappa shape index (κ1) is 24.7. The number of hydrogen-bond acceptors (Lipinski definition) is 7. The second-order valence-electron chi connectivity index (χ2n) is 8.39. The minimum Gasteiger partial charge on any atom is -0.389 e. The summed E-state index contributed by atoms with van der Waals surface area (Å²) in [6, 6.07) is 5.41. The van der Waals surface area contributed by atoms with Gasteiger partial charge in [-0.25, -0.2) is 20.3 Å². The molecule has 0 radical (unpaired) electrons. The fraction of sp³-hybridized carbons (Fsp3) is 0.375. The highest BCUT2D eigenvalue weighted by Crippen LogP contribution is 2.32. The number of rotatable bonds is 7. The van der Waals surface area contributed by atoms with E-state index in [1.807, 2.05) is 39.0 Å². The molecular weight excluding hydrogens is 442 g/mol. The molecule has 2 aliphatic rings. The van der Waals surface area contributed by atoms with Crippen molar-refractivity contribution in [2.75, 3.05) is 13.1 Å². The van der Waals surface area contributed by atoms with Crippen LogP contribution in [0.5, 0.6) is 0 Å². The molecule has 1 aromatic rings. The number of aliphatic imine (C=N–C) groups is 2. The van der Waals surface area contributed by atoms with Crippen molar-refractivity contribution < 1.29 is 14.7 Å². The molecule has 0 aromatic heterocycles. The van der Waals surface area contributed by atoms with Crippen LogP contribution in [0.2, 0.25) is 5.02 Å². The van der Waals surface area contributed by atoms with E-state index in [1.54, 1.807) is 30.9 Å². The normalized spacial score (nSPS) is 21.2. The zero-order valence-corrected chi connectivity index (χ0v) is 20.3. The van der Waals surface area contributed by atoms with Gasteiger partial charge in [0.25, 0.3) is 5.91 Å². The molecule has 1 atom stereocenters. The van der Waals surface area contributed by atoms with Crippen molar-refractivity contribution in [2.45, 2.75) is 46.4 Å². The van der Waals surface area contributed by atoms with Crippen LogP contribution in [0.4, 0.5) is 0 Å². The first-order valence-corrected chi connectivity index (χ1v) is 11.2. The Balaban J connectivity index is 1.95. The van der Waals surface area contributed by atoms with Gasteiger partial charge in [0.1, 0.15) is 11.7 Å². The second kappa shape index (κ2) is 9.91. The third kappa shape index (κ3) is 5.71. The summed E-state index contributed by atoms with van der Waals surface area (Å²) in [4.78, 5) is 29.1. The van der Waals surface area contributed by atoms with Gasteiger partial charge >= 0.3 is 0 Å². The van der Waals surface area contributed by atoms with Crippen molar-refractivity contribution in [2.24, 2.45) is 9.98 Å². The summed E-state index contributed by atoms with van der Waals surface area (Å²) in [5.74, 6) is 1.24. The summed E-state index contributed by atoms with van der Waals surface area (Å²) < 4.78 is 0. The lowest BCUT2D eigenvalue weighted by Crippen LogP contribution is -2.41. The average molecular weight is 472 g/mol. The van der Waals surface area contributed by atoms with Crippen LogP contribution in [0, 0.1) is 0 Å². The fourth-order valence-corrected chi connectivity index (χ4v) is 3.66. The number of likely N-dealkylation sites (N-methyl/N-ethyl adjacent to an activating group) is 1. The number of hydroxylamine groups is 1. The molecule has 9 heteroatoms. The molecule has 8 nitrogen and oxygen atoms in total. The molecule has 33 heavy (non-hydrogen) atoms. The van der Waals surface area contributed by atoms with Crippen molar-refractivity contribution in [3.63, 3.8) is 0 Å². The van der Waals surface area contributed by atoms with E-state index >= 15 is 0 Å². The number of carbonyl (C=O) groups excluding carboxylic acids is 1. The smallest absolute Gasteiger partial charge is 0.260 e. The van der Waals surface area contributed by atoms with Crippen LogP contribution in [0.3, 0.4) is 0 Å². The molecule has 3 N–H and O–H groups in total. The Labute approximate surface area is 199 Å². The fourth-order valence-electron chi connectivity index (χ4n) is 3.38. The van der Waals surface area contributed by atoms with Crippen LogP contribution >= 0.6 is 11.6 Å². The summed E-state index contributed by atoms with van der Waals surface area (Å²) in [5.41, 5.74) is 4.49. The maximum absolute atomic E-state index is 13.4. The summed E-state index contributed by atoms with van der Waals surface area (Å²) in [6.45, 7) is 13.6. The minimum atomic E-state index is -0.918. The number of carbonyl (C=O) groups is 1. The van der Waals surface area contributed by atoms with Gasteiger partial charge in [0.15, 0.2) is 12.1 Å². The zero-order chi connectivity index (χ0) is 24.3. The molecule has 1 aromatic carbocycles. The van der Waals surface area contributed by atoms with Crippen LogP contribution in [-0.4, -0.2) is 52.5 Å². The molecule has 1 unspecified atom stereocenters. The molecule has 0 aliphatic carbocycles. The number of nitrogens with zero attached hydrogens (tertiary/aromatic N) is 3. The number of nitrogens with one attached hydrogen (secondary N) is 2. The maximum Gasteiger partial charge on any atom is 0.260 e. The van der Waals surface area contributed by atoms with Gasteiger partial charge in [-0.05, 0) is 46.8 Å². The van der Waals surface area contributed by atoms with Crippen molar-refractivity contribution in [3.05, 3.63) is 64.5 Å². The first-order valence-electron chi connectivity index (χ1n) is 10.8. The lowest BCUT2D eigenvalue weighted by atomic mass is 9.95. The third-order valence-electron chi connectivity index (χ3n) is 5.05. The Morgan fingerprint density at radius 2 is 2.21 bits per heavy atom. The number of aliphatic hydroxyl groups is 1. The average Bonchev–Trinajstić information content (AvgIpc) is 3.19. The van der Waals surface area contributed by atoms with Gasteiger partial charge in [-0.15, -0.1) is 0 Å². The number of hydrogen-bond donors (Lipinski definition) is 3. The van der Waals surface area contributed by atoms with E-state index in [4.69, 9.17) is 16.4 Å². The largest absolute Gasteiger partial charge is 0.389 e. The summed E-state index contributed by atoms with van der Waals surface area (Å²) in [6.07, 6.45) is 3.39. The molecule has 0 bridgehead atoms. The van der Waals surface area contributed by atoms with Crippen molar-refractivity contribution in [3.8, 4) is 0 Å². The number of halogens is 1. The van der Waals surface area contributed by atoms with Crippen molar-refractivity contribution >= 4 is 34.8 Å². The lowest BCUT2D eigenvalue weighted by molar-refractivity contribution is -0.121. The number of amidine groups is 2. The quantitative estimate of drug-likeness (QED) is 0.566. The van der Waals surface area contributed by atoms with E-state index in [2.05, 4.69) is 27.4 Å². The van der Waals surface area contributed by atoms with E-state index in [0.717, 1.165) is 11.1 Å². The zero-order valence-electron chi connectivity index (χ0n) is 19.6. The van der Waals surface area contributed by atoms with E-state index in [-0.39, 0.29) is 18.7 Å². The third-order valence-corrected chi connectivity index (χ3v) is 5.36. The molecule has 176 valence electrons. The SMILES string of the molecule is C=C(/N=C1\C(=C/C)C=C(c2ccc(C3=NC(C)ON3)cc2Cl)C(=O)N1CC)NCC(C)(C)O. The predicted molar refractivity (Wildman–Crippen MR) is 132 cm³/mol. The number of benzene rings is 1. The van der Waals surface area contributed by atoms with Crippen molar-refractivity contribution in [1.82, 2.24) is 15.7 Å². The first-order chi connectivity index (χ1) is 15.5. The van der Waals surface area contributed by atoms with E-state index in [9.17, 15) is 9.90 Å². The molecule has 0 fully saturated rings. The topological polar surface area (TPSA) is 98.6 Å².